The zero-order chi connectivity index (χ0) is 15.2. The second-order valence-electron chi connectivity index (χ2n) is 4.42. The van der Waals surface area contributed by atoms with Gasteiger partial charge in [0.1, 0.15) is 5.82 Å². The van der Waals surface area contributed by atoms with Crippen molar-refractivity contribution in [2.75, 3.05) is 20.3 Å². The van der Waals surface area contributed by atoms with Crippen LogP contribution in [0.15, 0.2) is 40.2 Å². The van der Waals surface area contributed by atoms with Gasteiger partial charge in [0.25, 0.3) is 5.91 Å². The maximum absolute atomic E-state index is 14.0. The lowest BCUT2D eigenvalue weighted by Gasteiger charge is -2.22. The molecule has 1 aromatic heterocycles. The molecule has 1 aromatic carbocycles. The second-order valence-corrected chi connectivity index (χ2v) is 6.37. The number of thiophene rings is 1. The van der Waals surface area contributed by atoms with E-state index in [1.807, 2.05) is 17.5 Å². The Kier molecular flexibility index (Phi) is 5.90. The Morgan fingerprint density at radius 1 is 1.43 bits per heavy atom. The van der Waals surface area contributed by atoms with Crippen LogP contribution in [0.5, 0.6) is 0 Å². The van der Waals surface area contributed by atoms with Crippen LogP contribution in [0.3, 0.4) is 0 Å². The fourth-order valence-electron chi connectivity index (χ4n) is 1.88. The number of carbonyl (C=O) groups excluding carboxylic acids is 1. The highest BCUT2D eigenvalue weighted by Gasteiger charge is 2.19. The highest BCUT2D eigenvalue weighted by molar-refractivity contribution is 9.10. The van der Waals surface area contributed by atoms with Crippen LogP contribution < -0.4 is 0 Å². The lowest BCUT2D eigenvalue weighted by molar-refractivity contribution is 0.0678. The van der Waals surface area contributed by atoms with Crippen LogP contribution in [0.25, 0.3) is 0 Å². The average molecular weight is 372 g/mol. The van der Waals surface area contributed by atoms with Crippen LogP contribution in [0, 0.1) is 5.82 Å². The standard InChI is InChI=1S/C15H15BrFNO2S/c1-20-7-6-18(10-12-3-2-8-21-12)15(19)13-5-4-11(16)9-14(13)17/h2-5,8-9H,6-7,10H2,1H3. The molecule has 0 saturated heterocycles. The zero-order valence-electron chi connectivity index (χ0n) is 11.5. The molecule has 0 atom stereocenters. The monoisotopic (exact) mass is 371 g/mol. The Hall–Kier alpha value is -1.24. The summed E-state index contributed by atoms with van der Waals surface area (Å²) < 4.78 is 19.6. The van der Waals surface area contributed by atoms with Crippen LogP contribution in [0.4, 0.5) is 4.39 Å². The average Bonchev–Trinajstić information content (AvgIpc) is 2.95. The number of amides is 1. The molecule has 21 heavy (non-hydrogen) atoms. The number of rotatable bonds is 6. The summed E-state index contributed by atoms with van der Waals surface area (Å²) in [5, 5.41) is 1.95. The van der Waals surface area contributed by atoms with E-state index in [0.717, 1.165) is 4.88 Å². The van der Waals surface area contributed by atoms with E-state index in [1.165, 1.54) is 12.1 Å². The Balaban J connectivity index is 2.20. The summed E-state index contributed by atoms with van der Waals surface area (Å²) in [5.41, 5.74) is 0.0749. The van der Waals surface area contributed by atoms with Gasteiger partial charge in [0.2, 0.25) is 0 Å². The summed E-state index contributed by atoms with van der Waals surface area (Å²) in [4.78, 5) is 15.2. The molecule has 1 amide bonds. The Morgan fingerprint density at radius 2 is 2.24 bits per heavy atom. The molecule has 0 radical (unpaired) electrons. The summed E-state index contributed by atoms with van der Waals surface area (Å²) >= 11 is 4.76. The number of hydrogen-bond donors (Lipinski definition) is 0. The molecule has 3 nitrogen and oxygen atoms in total. The van der Waals surface area contributed by atoms with E-state index in [9.17, 15) is 9.18 Å². The predicted molar refractivity (Wildman–Crippen MR) is 85.0 cm³/mol. The van der Waals surface area contributed by atoms with Gasteiger partial charge < -0.3 is 9.64 Å². The maximum Gasteiger partial charge on any atom is 0.257 e. The third-order valence-corrected chi connectivity index (χ3v) is 4.30. The molecule has 0 saturated carbocycles. The molecule has 0 fully saturated rings. The minimum absolute atomic E-state index is 0.0749. The molecule has 0 spiro atoms. The lowest BCUT2D eigenvalue weighted by Crippen LogP contribution is -2.33. The van der Waals surface area contributed by atoms with Gasteiger partial charge in [-0.15, -0.1) is 11.3 Å². The van der Waals surface area contributed by atoms with Gasteiger partial charge in [0.15, 0.2) is 0 Å². The van der Waals surface area contributed by atoms with E-state index in [1.54, 1.807) is 29.4 Å². The minimum Gasteiger partial charge on any atom is -0.383 e. The van der Waals surface area contributed by atoms with Crippen molar-refractivity contribution in [3.05, 3.63) is 56.4 Å². The van der Waals surface area contributed by atoms with E-state index in [4.69, 9.17) is 4.74 Å². The van der Waals surface area contributed by atoms with Gasteiger partial charge in [-0.25, -0.2) is 4.39 Å². The van der Waals surface area contributed by atoms with E-state index in [0.29, 0.717) is 24.2 Å². The smallest absolute Gasteiger partial charge is 0.257 e. The van der Waals surface area contributed by atoms with E-state index in [-0.39, 0.29) is 11.5 Å². The van der Waals surface area contributed by atoms with Crippen molar-refractivity contribution < 1.29 is 13.9 Å². The Morgan fingerprint density at radius 3 is 2.86 bits per heavy atom. The number of halogens is 2. The van der Waals surface area contributed by atoms with Crippen molar-refractivity contribution in [1.82, 2.24) is 4.90 Å². The van der Waals surface area contributed by atoms with Crippen molar-refractivity contribution in [3.8, 4) is 0 Å². The van der Waals surface area contributed by atoms with E-state index >= 15 is 0 Å². The highest BCUT2D eigenvalue weighted by Crippen LogP contribution is 2.19. The summed E-state index contributed by atoms with van der Waals surface area (Å²) in [6.07, 6.45) is 0. The third-order valence-electron chi connectivity index (χ3n) is 2.94. The summed E-state index contributed by atoms with van der Waals surface area (Å²) in [7, 11) is 1.58. The topological polar surface area (TPSA) is 29.5 Å². The summed E-state index contributed by atoms with van der Waals surface area (Å²) in [6, 6.07) is 8.34. The van der Waals surface area contributed by atoms with Gasteiger partial charge in [0, 0.05) is 23.0 Å². The largest absolute Gasteiger partial charge is 0.383 e. The quantitative estimate of drug-likeness (QED) is 0.769. The van der Waals surface area contributed by atoms with Gasteiger partial charge in [-0.3, -0.25) is 4.79 Å². The summed E-state index contributed by atoms with van der Waals surface area (Å²) in [6.45, 7) is 1.29. The normalized spacial score (nSPS) is 10.6. The molecule has 2 rings (SSSR count). The van der Waals surface area contributed by atoms with Crippen molar-refractivity contribution in [1.29, 1.82) is 0 Å². The molecule has 1 heterocycles. The Labute approximate surface area is 135 Å². The van der Waals surface area contributed by atoms with Crippen molar-refractivity contribution in [3.63, 3.8) is 0 Å². The minimum atomic E-state index is -0.525. The van der Waals surface area contributed by atoms with Crippen LogP contribution in [-0.2, 0) is 11.3 Å². The SMILES string of the molecule is COCCN(Cc1cccs1)C(=O)c1ccc(Br)cc1F. The predicted octanol–water partition coefficient (Wildman–Crippen LogP) is 3.94. The number of benzene rings is 1. The first kappa shape index (κ1) is 16.1. The molecule has 0 unspecified atom stereocenters. The van der Waals surface area contributed by atoms with Crippen molar-refractivity contribution >= 4 is 33.2 Å². The van der Waals surface area contributed by atoms with Gasteiger partial charge >= 0.3 is 0 Å². The third kappa shape index (κ3) is 4.36. The fraction of sp³-hybridized carbons (Fsp3) is 0.267. The first-order valence-corrected chi connectivity index (χ1v) is 8.04. The lowest BCUT2D eigenvalue weighted by atomic mass is 10.2. The highest BCUT2D eigenvalue weighted by atomic mass is 79.9. The number of carbonyl (C=O) groups is 1. The zero-order valence-corrected chi connectivity index (χ0v) is 13.9. The van der Waals surface area contributed by atoms with Crippen LogP contribution in [0.1, 0.15) is 15.2 Å². The fourth-order valence-corrected chi connectivity index (χ4v) is 2.93. The van der Waals surface area contributed by atoms with Gasteiger partial charge in [-0.1, -0.05) is 22.0 Å². The van der Waals surface area contributed by atoms with E-state index < -0.39 is 5.82 Å². The molecule has 6 heteroatoms. The molecule has 0 bridgehead atoms. The molecule has 0 aliphatic carbocycles. The molecular weight excluding hydrogens is 357 g/mol. The molecular formula is C15H15BrFNO2S. The molecule has 0 N–H and O–H groups in total. The Bertz CT molecular complexity index is 604. The molecule has 2 aromatic rings. The van der Waals surface area contributed by atoms with Crippen molar-refractivity contribution in [2.24, 2.45) is 0 Å². The molecule has 112 valence electrons. The van der Waals surface area contributed by atoms with E-state index in [2.05, 4.69) is 15.9 Å². The first-order chi connectivity index (χ1) is 10.1. The molecule has 0 aliphatic rings. The summed E-state index contributed by atoms with van der Waals surface area (Å²) in [5.74, 6) is -0.853. The number of ether oxygens (including phenoxy) is 1. The number of nitrogens with zero attached hydrogens (tertiary/aromatic N) is 1. The number of hydrogen-bond acceptors (Lipinski definition) is 3. The van der Waals surface area contributed by atoms with Crippen LogP contribution >= 0.6 is 27.3 Å². The first-order valence-electron chi connectivity index (χ1n) is 6.37. The number of methoxy groups -OCH3 is 1. The van der Waals surface area contributed by atoms with Gasteiger partial charge in [-0.05, 0) is 29.6 Å². The second kappa shape index (κ2) is 7.68. The van der Waals surface area contributed by atoms with Gasteiger partial charge in [-0.2, -0.15) is 0 Å². The van der Waals surface area contributed by atoms with Gasteiger partial charge in [0.05, 0.1) is 18.7 Å². The maximum atomic E-state index is 14.0. The van der Waals surface area contributed by atoms with Crippen molar-refractivity contribution in [2.45, 2.75) is 6.54 Å². The molecule has 0 aliphatic heterocycles. The van der Waals surface area contributed by atoms with Crippen LogP contribution in [0.2, 0.25) is 0 Å². The van der Waals surface area contributed by atoms with Crippen LogP contribution in [-0.4, -0.2) is 31.1 Å².